The molecule has 1 atom stereocenters. The number of nitrogens with zero attached hydrogens (tertiary/aromatic N) is 1. The molecule has 27 heavy (non-hydrogen) atoms. The number of amides is 1. The molecule has 0 bridgehead atoms. The Hall–Kier alpha value is -2.24. The van der Waals surface area contributed by atoms with Gasteiger partial charge in [-0.25, -0.2) is 4.39 Å². The van der Waals surface area contributed by atoms with Crippen LogP contribution in [0.2, 0.25) is 0 Å². The first-order valence-electron chi connectivity index (χ1n) is 8.82. The SMILES string of the molecule is CC(CC(=O)N(CCCN)Cc1ccccc1)C(=O)c1cccc(F)c1.Cl. The van der Waals surface area contributed by atoms with Crippen LogP contribution in [0, 0.1) is 11.7 Å². The number of hydrogen-bond acceptors (Lipinski definition) is 3. The second-order valence-corrected chi connectivity index (χ2v) is 6.42. The van der Waals surface area contributed by atoms with E-state index in [9.17, 15) is 14.0 Å². The zero-order valence-corrected chi connectivity index (χ0v) is 16.3. The molecule has 0 aliphatic heterocycles. The van der Waals surface area contributed by atoms with E-state index in [2.05, 4.69) is 0 Å². The monoisotopic (exact) mass is 392 g/mol. The van der Waals surface area contributed by atoms with Gasteiger partial charge in [-0.3, -0.25) is 9.59 Å². The summed E-state index contributed by atoms with van der Waals surface area (Å²) < 4.78 is 13.3. The number of hydrogen-bond donors (Lipinski definition) is 1. The van der Waals surface area contributed by atoms with Gasteiger partial charge in [-0.1, -0.05) is 49.4 Å². The highest BCUT2D eigenvalue weighted by molar-refractivity contribution is 5.99. The van der Waals surface area contributed by atoms with Crippen LogP contribution in [0.3, 0.4) is 0 Å². The number of halogens is 2. The van der Waals surface area contributed by atoms with E-state index in [4.69, 9.17) is 5.73 Å². The second kappa shape index (κ2) is 11.5. The van der Waals surface area contributed by atoms with E-state index >= 15 is 0 Å². The van der Waals surface area contributed by atoms with Crippen LogP contribution in [0.1, 0.15) is 35.7 Å². The summed E-state index contributed by atoms with van der Waals surface area (Å²) in [5.41, 5.74) is 6.91. The highest BCUT2D eigenvalue weighted by Crippen LogP contribution is 2.16. The molecule has 0 aromatic heterocycles. The van der Waals surface area contributed by atoms with Crippen molar-refractivity contribution < 1.29 is 14.0 Å². The Morgan fingerprint density at radius 1 is 1.11 bits per heavy atom. The van der Waals surface area contributed by atoms with Crippen molar-refractivity contribution in [3.63, 3.8) is 0 Å². The molecule has 0 radical (unpaired) electrons. The van der Waals surface area contributed by atoms with Crippen molar-refractivity contribution in [3.05, 3.63) is 71.5 Å². The Morgan fingerprint density at radius 2 is 1.81 bits per heavy atom. The first-order valence-corrected chi connectivity index (χ1v) is 8.82. The number of benzene rings is 2. The molecular formula is C21H26ClFN2O2. The van der Waals surface area contributed by atoms with Crippen LogP contribution < -0.4 is 5.73 Å². The van der Waals surface area contributed by atoms with Gasteiger partial charge in [0.1, 0.15) is 5.82 Å². The van der Waals surface area contributed by atoms with Crippen molar-refractivity contribution in [1.29, 1.82) is 0 Å². The van der Waals surface area contributed by atoms with Gasteiger partial charge in [-0.05, 0) is 30.7 Å². The van der Waals surface area contributed by atoms with Gasteiger partial charge in [0.05, 0.1) is 0 Å². The number of Topliss-reactive ketones (excluding diaryl/α,β-unsaturated/α-hetero) is 1. The summed E-state index contributed by atoms with van der Waals surface area (Å²) in [4.78, 5) is 26.9. The van der Waals surface area contributed by atoms with Gasteiger partial charge in [0.15, 0.2) is 5.78 Å². The Labute approximate surface area is 166 Å². The van der Waals surface area contributed by atoms with Crippen LogP contribution in [-0.4, -0.2) is 29.7 Å². The lowest BCUT2D eigenvalue weighted by Crippen LogP contribution is -2.34. The van der Waals surface area contributed by atoms with Gasteiger partial charge < -0.3 is 10.6 Å². The standard InChI is InChI=1S/C21H25FN2O2.ClH/c1-16(21(26)18-9-5-10-19(22)14-18)13-20(25)24(12-6-11-23)15-17-7-3-2-4-8-17;/h2-5,7-10,14,16H,6,11-13,15,23H2,1H3;1H. The summed E-state index contributed by atoms with van der Waals surface area (Å²) in [6.45, 7) is 3.23. The number of ketones is 1. The van der Waals surface area contributed by atoms with Gasteiger partial charge in [-0.15, -0.1) is 12.4 Å². The van der Waals surface area contributed by atoms with Crippen molar-refractivity contribution in [1.82, 2.24) is 4.90 Å². The van der Waals surface area contributed by atoms with Gasteiger partial charge in [0, 0.05) is 31.0 Å². The predicted molar refractivity (Wildman–Crippen MR) is 107 cm³/mol. The van der Waals surface area contributed by atoms with Crippen LogP contribution in [0.5, 0.6) is 0 Å². The fourth-order valence-electron chi connectivity index (χ4n) is 2.79. The van der Waals surface area contributed by atoms with Gasteiger partial charge in [0.2, 0.25) is 5.91 Å². The fourth-order valence-corrected chi connectivity index (χ4v) is 2.79. The van der Waals surface area contributed by atoms with Crippen LogP contribution in [-0.2, 0) is 11.3 Å². The minimum absolute atomic E-state index is 0. The fraction of sp³-hybridized carbons (Fsp3) is 0.333. The van der Waals surface area contributed by atoms with Crippen LogP contribution in [0.4, 0.5) is 4.39 Å². The van der Waals surface area contributed by atoms with Crippen molar-refractivity contribution in [2.45, 2.75) is 26.3 Å². The third-order valence-electron chi connectivity index (χ3n) is 4.24. The third-order valence-corrected chi connectivity index (χ3v) is 4.24. The summed E-state index contributed by atoms with van der Waals surface area (Å²) in [5, 5.41) is 0. The first kappa shape index (κ1) is 22.8. The number of carbonyl (C=O) groups is 2. The summed E-state index contributed by atoms with van der Waals surface area (Å²) >= 11 is 0. The van der Waals surface area contributed by atoms with Crippen LogP contribution >= 0.6 is 12.4 Å². The van der Waals surface area contributed by atoms with E-state index in [0.29, 0.717) is 31.6 Å². The first-order chi connectivity index (χ1) is 12.5. The summed E-state index contributed by atoms with van der Waals surface area (Å²) in [6.07, 6.45) is 0.789. The molecule has 0 heterocycles. The van der Waals surface area contributed by atoms with E-state index < -0.39 is 11.7 Å². The zero-order valence-electron chi connectivity index (χ0n) is 15.4. The second-order valence-electron chi connectivity index (χ2n) is 6.42. The van der Waals surface area contributed by atoms with E-state index in [-0.39, 0.29) is 30.5 Å². The van der Waals surface area contributed by atoms with Gasteiger partial charge >= 0.3 is 0 Å². The molecule has 2 N–H and O–H groups in total. The van der Waals surface area contributed by atoms with Crippen molar-refractivity contribution in [2.75, 3.05) is 13.1 Å². The van der Waals surface area contributed by atoms with E-state index in [1.54, 1.807) is 17.9 Å². The van der Waals surface area contributed by atoms with E-state index in [1.807, 2.05) is 30.3 Å². The molecule has 2 aromatic rings. The van der Waals surface area contributed by atoms with E-state index in [1.165, 1.54) is 18.2 Å². The number of carbonyl (C=O) groups excluding carboxylic acids is 2. The molecule has 146 valence electrons. The molecular weight excluding hydrogens is 367 g/mol. The summed E-state index contributed by atoms with van der Waals surface area (Å²) in [6, 6.07) is 15.3. The number of rotatable bonds is 9. The Bertz CT molecular complexity index is 740. The molecule has 0 fully saturated rings. The van der Waals surface area contributed by atoms with Crippen LogP contribution in [0.25, 0.3) is 0 Å². The molecule has 0 aliphatic carbocycles. The van der Waals surface area contributed by atoms with E-state index in [0.717, 1.165) is 5.56 Å². The Morgan fingerprint density at radius 3 is 2.44 bits per heavy atom. The third kappa shape index (κ3) is 7.12. The maximum absolute atomic E-state index is 13.3. The minimum atomic E-state index is -0.513. The van der Waals surface area contributed by atoms with Gasteiger partial charge in [0.25, 0.3) is 0 Å². The molecule has 0 spiro atoms. The quantitative estimate of drug-likeness (QED) is 0.659. The summed E-state index contributed by atoms with van der Waals surface area (Å²) in [7, 11) is 0. The van der Waals surface area contributed by atoms with Crippen molar-refractivity contribution >= 4 is 24.1 Å². The predicted octanol–water partition coefficient (Wildman–Crippen LogP) is 3.83. The Kier molecular flexibility index (Phi) is 9.68. The molecule has 6 heteroatoms. The smallest absolute Gasteiger partial charge is 0.223 e. The average molecular weight is 393 g/mol. The highest BCUT2D eigenvalue weighted by Gasteiger charge is 2.22. The maximum Gasteiger partial charge on any atom is 0.223 e. The molecule has 4 nitrogen and oxygen atoms in total. The van der Waals surface area contributed by atoms with Crippen molar-refractivity contribution in [2.24, 2.45) is 11.7 Å². The molecule has 0 saturated heterocycles. The van der Waals surface area contributed by atoms with Crippen molar-refractivity contribution in [3.8, 4) is 0 Å². The molecule has 2 rings (SSSR count). The lowest BCUT2D eigenvalue weighted by molar-refractivity contribution is -0.132. The van der Waals surface area contributed by atoms with Gasteiger partial charge in [-0.2, -0.15) is 0 Å². The largest absolute Gasteiger partial charge is 0.338 e. The maximum atomic E-state index is 13.3. The molecule has 1 amide bonds. The lowest BCUT2D eigenvalue weighted by atomic mass is 9.95. The average Bonchev–Trinajstić information content (AvgIpc) is 2.65. The molecule has 0 saturated carbocycles. The lowest BCUT2D eigenvalue weighted by Gasteiger charge is -2.24. The zero-order chi connectivity index (χ0) is 18.9. The molecule has 1 unspecified atom stereocenters. The molecule has 0 aliphatic rings. The minimum Gasteiger partial charge on any atom is -0.338 e. The number of nitrogens with two attached hydrogens (primary N) is 1. The van der Waals surface area contributed by atoms with Crippen LogP contribution in [0.15, 0.2) is 54.6 Å². The highest BCUT2D eigenvalue weighted by atomic mass is 35.5. The normalized spacial score (nSPS) is 11.4. The summed E-state index contributed by atoms with van der Waals surface area (Å²) in [5.74, 6) is -1.29. The Balaban J connectivity index is 0.00000364. The topological polar surface area (TPSA) is 63.4 Å². The molecule has 2 aromatic carbocycles.